The number of hydrogen-bond donors (Lipinski definition) is 2. The molecule has 0 bridgehead atoms. The molecule has 1 aromatic heterocycles. The third-order valence-corrected chi connectivity index (χ3v) is 3.01. The highest BCUT2D eigenvalue weighted by atomic mass is 16.5. The molecule has 0 unspecified atom stereocenters. The lowest BCUT2D eigenvalue weighted by Gasteiger charge is -2.20. The maximum atomic E-state index is 5.14. The summed E-state index contributed by atoms with van der Waals surface area (Å²) >= 11 is 0. The van der Waals surface area contributed by atoms with Crippen LogP contribution in [-0.2, 0) is 13.0 Å². The van der Waals surface area contributed by atoms with Gasteiger partial charge in [-0.1, -0.05) is 0 Å². The van der Waals surface area contributed by atoms with Crippen LogP contribution in [0.5, 0.6) is 6.01 Å². The minimum Gasteiger partial charge on any atom is -0.467 e. The summed E-state index contributed by atoms with van der Waals surface area (Å²) in [5.74, 6) is 0.955. The SMILES string of the molecule is COc1nc2c(c(NC3CC3)n1)CNCC2. The van der Waals surface area contributed by atoms with Crippen LogP contribution < -0.4 is 15.4 Å². The number of methoxy groups -OCH3 is 1. The third kappa shape index (κ3) is 1.82. The van der Waals surface area contributed by atoms with Crippen molar-refractivity contribution in [2.24, 2.45) is 0 Å². The summed E-state index contributed by atoms with van der Waals surface area (Å²) in [5.41, 5.74) is 2.33. The molecule has 3 rings (SSSR count). The van der Waals surface area contributed by atoms with Crippen LogP contribution in [0.4, 0.5) is 5.82 Å². The van der Waals surface area contributed by atoms with E-state index in [1.165, 1.54) is 18.4 Å². The number of nitrogens with zero attached hydrogens (tertiary/aromatic N) is 2. The molecule has 0 amide bonds. The molecule has 1 aliphatic heterocycles. The van der Waals surface area contributed by atoms with Crippen LogP contribution in [0.15, 0.2) is 0 Å². The van der Waals surface area contributed by atoms with E-state index in [9.17, 15) is 0 Å². The van der Waals surface area contributed by atoms with Crippen LogP contribution >= 0.6 is 0 Å². The van der Waals surface area contributed by atoms with Crippen molar-refractivity contribution in [3.63, 3.8) is 0 Å². The Kier molecular flexibility index (Phi) is 2.40. The zero-order chi connectivity index (χ0) is 11.0. The van der Waals surface area contributed by atoms with Gasteiger partial charge in [0.05, 0.1) is 12.8 Å². The Morgan fingerprint density at radius 2 is 2.25 bits per heavy atom. The molecule has 2 heterocycles. The van der Waals surface area contributed by atoms with E-state index in [1.807, 2.05) is 0 Å². The van der Waals surface area contributed by atoms with E-state index in [0.717, 1.165) is 31.0 Å². The predicted octanol–water partition coefficient (Wildman–Crippen LogP) is 0.705. The summed E-state index contributed by atoms with van der Waals surface area (Å²) in [7, 11) is 1.61. The van der Waals surface area contributed by atoms with Gasteiger partial charge in [0, 0.05) is 31.1 Å². The Balaban J connectivity index is 1.97. The third-order valence-electron chi connectivity index (χ3n) is 3.01. The summed E-state index contributed by atoms with van der Waals surface area (Å²) in [6.45, 7) is 1.84. The second kappa shape index (κ2) is 3.90. The van der Waals surface area contributed by atoms with Gasteiger partial charge in [0.2, 0.25) is 0 Å². The van der Waals surface area contributed by atoms with E-state index in [0.29, 0.717) is 12.1 Å². The molecule has 1 fully saturated rings. The second-order valence-corrected chi connectivity index (χ2v) is 4.33. The van der Waals surface area contributed by atoms with Gasteiger partial charge in [-0.05, 0) is 12.8 Å². The first-order valence-electron chi connectivity index (χ1n) is 5.78. The Morgan fingerprint density at radius 1 is 1.38 bits per heavy atom. The average Bonchev–Trinajstić information content (AvgIpc) is 3.13. The molecular formula is C11H16N4O. The molecule has 0 saturated heterocycles. The fourth-order valence-electron chi connectivity index (χ4n) is 1.95. The van der Waals surface area contributed by atoms with E-state index in [1.54, 1.807) is 7.11 Å². The van der Waals surface area contributed by atoms with E-state index in [2.05, 4.69) is 20.6 Å². The van der Waals surface area contributed by atoms with Crippen LogP contribution in [0.25, 0.3) is 0 Å². The molecule has 0 aromatic carbocycles. The quantitative estimate of drug-likeness (QED) is 0.785. The number of rotatable bonds is 3. The molecule has 2 aliphatic rings. The van der Waals surface area contributed by atoms with Gasteiger partial charge in [0.25, 0.3) is 0 Å². The minimum atomic E-state index is 0.476. The minimum absolute atomic E-state index is 0.476. The lowest BCUT2D eigenvalue weighted by atomic mass is 10.1. The molecule has 1 aliphatic carbocycles. The molecule has 1 aromatic rings. The van der Waals surface area contributed by atoms with Gasteiger partial charge in [-0.2, -0.15) is 9.97 Å². The first kappa shape index (κ1) is 9.84. The summed E-state index contributed by atoms with van der Waals surface area (Å²) < 4.78 is 5.14. The van der Waals surface area contributed by atoms with E-state index < -0.39 is 0 Å². The smallest absolute Gasteiger partial charge is 0.318 e. The summed E-state index contributed by atoms with van der Waals surface area (Å²) in [5, 5.41) is 6.80. The van der Waals surface area contributed by atoms with Gasteiger partial charge in [-0.25, -0.2) is 0 Å². The van der Waals surface area contributed by atoms with Crippen molar-refractivity contribution in [2.45, 2.75) is 31.8 Å². The Labute approximate surface area is 94.6 Å². The van der Waals surface area contributed by atoms with Crippen molar-refractivity contribution in [3.05, 3.63) is 11.3 Å². The summed E-state index contributed by atoms with van der Waals surface area (Å²) in [6, 6.07) is 1.08. The lowest BCUT2D eigenvalue weighted by molar-refractivity contribution is 0.376. The van der Waals surface area contributed by atoms with Crippen LogP contribution in [-0.4, -0.2) is 29.7 Å². The topological polar surface area (TPSA) is 59.1 Å². The summed E-state index contributed by atoms with van der Waals surface area (Å²) in [6.07, 6.45) is 3.44. The van der Waals surface area contributed by atoms with Crippen LogP contribution in [0.3, 0.4) is 0 Å². The molecule has 0 spiro atoms. The number of fused-ring (bicyclic) bond motifs is 1. The number of ether oxygens (including phenoxy) is 1. The van der Waals surface area contributed by atoms with E-state index >= 15 is 0 Å². The maximum Gasteiger partial charge on any atom is 0.318 e. The van der Waals surface area contributed by atoms with Gasteiger partial charge in [-0.15, -0.1) is 0 Å². The molecule has 1 saturated carbocycles. The Morgan fingerprint density at radius 3 is 3.00 bits per heavy atom. The second-order valence-electron chi connectivity index (χ2n) is 4.33. The van der Waals surface area contributed by atoms with E-state index in [4.69, 9.17) is 4.74 Å². The number of anilines is 1. The van der Waals surface area contributed by atoms with Gasteiger partial charge < -0.3 is 15.4 Å². The highest BCUT2D eigenvalue weighted by Gasteiger charge is 2.25. The van der Waals surface area contributed by atoms with Crippen molar-refractivity contribution < 1.29 is 4.74 Å². The van der Waals surface area contributed by atoms with E-state index in [-0.39, 0.29) is 0 Å². The molecule has 5 nitrogen and oxygen atoms in total. The molecule has 86 valence electrons. The van der Waals surface area contributed by atoms with Gasteiger partial charge in [0.15, 0.2) is 0 Å². The molecular weight excluding hydrogens is 204 g/mol. The van der Waals surface area contributed by atoms with Crippen molar-refractivity contribution in [1.29, 1.82) is 0 Å². The molecule has 5 heteroatoms. The molecule has 2 N–H and O–H groups in total. The number of aromatic nitrogens is 2. The fraction of sp³-hybridized carbons (Fsp3) is 0.636. The standard InChI is InChI=1S/C11H16N4O/c1-16-11-14-9-4-5-12-6-8(9)10(15-11)13-7-2-3-7/h7,12H,2-6H2,1H3,(H,13,14,15). The molecule has 0 atom stereocenters. The van der Waals surface area contributed by atoms with Crippen molar-refractivity contribution >= 4 is 5.82 Å². The highest BCUT2D eigenvalue weighted by molar-refractivity contribution is 5.50. The maximum absolute atomic E-state index is 5.14. The van der Waals surface area contributed by atoms with Crippen molar-refractivity contribution in [3.8, 4) is 6.01 Å². The van der Waals surface area contributed by atoms with Crippen molar-refractivity contribution in [2.75, 3.05) is 19.0 Å². The highest BCUT2D eigenvalue weighted by Crippen LogP contribution is 2.28. The molecule has 16 heavy (non-hydrogen) atoms. The normalized spacial score (nSPS) is 19.1. The summed E-state index contributed by atoms with van der Waals surface area (Å²) in [4.78, 5) is 8.81. The largest absolute Gasteiger partial charge is 0.467 e. The Hall–Kier alpha value is -1.36. The fourth-order valence-corrected chi connectivity index (χ4v) is 1.95. The average molecular weight is 220 g/mol. The number of hydrogen-bond acceptors (Lipinski definition) is 5. The van der Waals surface area contributed by atoms with Gasteiger partial charge in [0.1, 0.15) is 5.82 Å². The first-order valence-corrected chi connectivity index (χ1v) is 5.78. The van der Waals surface area contributed by atoms with Gasteiger partial charge in [-0.3, -0.25) is 0 Å². The predicted molar refractivity (Wildman–Crippen MR) is 60.6 cm³/mol. The van der Waals surface area contributed by atoms with Crippen LogP contribution in [0.1, 0.15) is 24.1 Å². The first-order chi connectivity index (χ1) is 7.86. The zero-order valence-corrected chi connectivity index (χ0v) is 9.42. The monoisotopic (exact) mass is 220 g/mol. The zero-order valence-electron chi connectivity index (χ0n) is 9.42. The van der Waals surface area contributed by atoms with Crippen LogP contribution in [0.2, 0.25) is 0 Å². The van der Waals surface area contributed by atoms with Gasteiger partial charge >= 0.3 is 6.01 Å². The lowest BCUT2D eigenvalue weighted by Crippen LogP contribution is -2.26. The van der Waals surface area contributed by atoms with Crippen LogP contribution in [0, 0.1) is 0 Å². The number of nitrogens with one attached hydrogen (secondary N) is 2. The van der Waals surface area contributed by atoms with Crippen molar-refractivity contribution in [1.82, 2.24) is 15.3 Å². The molecule has 0 radical (unpaired) electrons. The Bertz CT molecular complexity index is 403.